The molecule has 1 aromatic heterocycles. The van der Waals surface area contributed by atoms with E-state index >= 15 is 0 Å². The smallest absolute Gasteiger partial charge is 0.198 e. The van der Waals surface area contributed by atoms with Crippen LogP contribution >= 0.6 is 0 Å². The highest BCUT2D eigenvalue weighted by Gasteiger charge is 2.26. The van der Waals surface area contributed by atoms with Crippen LogP contribution in [0, 0.1) is 0 Å². The van der Waals surface area contributed by atoms with Crippen LogP contribution in [0.2, 0.25) is 0 Å². The Hall–Kier alpha value is -0.870. The van der Waals surface area contributed by atoms with Crippen molar-refractivity contribution in [3.63, 3.8) is 0 Å². The van der Waals surface area contributed by atoms with Crippen molar-refractivity contribution in [2.75, 3.05) is 33.2 Å². The predicted molar refractivity (Wildman–Crippen MR) is 66.2 cm³/mol. The molecule has 2 saturated heterocycles. The first-order valence-corrected chi connectivity index (χ1v) is 6.67. The summed E-state index contributed by atoms with van der Waals surface area (Å²) in [6.07, 6.45) is 5.53. The fourth-order valence-corrected chi connectivity index (χ4v) is 2.91. The zero-order valence-corrected chi connectivity index (χ0v) is 10.5. The number of likely N-dealkylation sites (N-methyl/N-ethyl adjacent to an activating group) is 1. The van der Waals surface area contributed by atoms with Crippen LogP contribution in [0.5, 0.6) is 0 Å². The van der Waals surface area contributed by atoms with E-state index in [0.717, 1.165) is 31.2 Å². The van der Waals surface area contributed by atoms with Gasteiger partial charge in [0.05, 0.1) is 5.69 Å². The number of oxazole rings is 1. The van der Waals surface area contributed by atoms with E-state index in [2.05, 4.69) is 17.3 Å². The second-order valence-electron chi connectivity index (χ2n) is 5.40. The molecule has 0 aromatic carbocycles. The van der Waals surface area contributed by atoms with Crippen molar-refractivity contribution in [1.29, 1.82) is 0 Å². The third kappa shape index (κ3) is 2.38. The highest BCUT2D eigenvalue weighted by molar-refractivity contribution is 5.10. The number of nitrogens with zero attached hydrogens (tertiary/aromatic N) is 2. The third-order valence-electron chi connectivity index (χ3n) is 4.00. The van der Waals surface area contributed by atoms with Gasteiger partial charge in [0.15, 0.2) is 5.89 Å². The Bertz CT molecular complexity index is 351. The molecule has 2 aliphatic heterocycles. The van der Waals surface area contributed by atoms with E-state index in [-0.39, 0.29) is 0 Å². The molecule has 94 valence electrons. The quantitative estimate of drug-likeness (QED) is 0.844. The summed E-state index contributed by atoms with van der Waals surface area (Å²) >= 11 is 0. The molecule has 3 heterocycles. The predicted octanol–water partition coefficient (Wildman–Crippen LogP) is 1.56. The maximum absolute atomic E-state index is 5.68. The van der Waals surface area contributed by atoms with E-state index in [1.807, 2.05) is 6.26 Å². The van der Waals surface area contributed by atoms with Crippen LogP contribution in [-0.2, 0) is 0 Å². The zero-order valence-electron chi connectivity index (χ0n) is 10.5. The molecule has 0 saturated carbocycles. The first-order chi connectivity index (χ1) is 8.33. The lowest BCUT2D eigenvalue weighted by Crippen LogP contribution is -2.28. The molecule has 1 aromatic rings. The highest BCUT2D eigenvalue weighted by atomic mass is 16.3. The van der Waals surface area contributed by atoms with Crippen LogP contribution in [-0.4, -0.2) is 43.1 Å². The molecule has 0 aliphatic carbocycles. The largest absolute Gasteiger partial charge is 0.448 e. The van der Waals surface area contributed by atoms with E-state index in [0.29, 0.717) is 11.8 Å². The second-order valence-corrected chi connectivity index (χ2v) is 5.40. The topological polar surface area (TPSA) is 41.3 Å². The number of nitrogens with one attached hydrogen (secondary N) is 1. The van der Waals surface area contributed by atoms with Crippen LogP contribution in [0.3, 0.4) is 0 Å². The maximum Gasteiger partial charge on any atom is 0.198 e. The monoisotopic (exact) mass is 235 g/mol. The van der Waals surface area contributed by atoms with Gasteiger partial charge >= 0.3 is 0 Å². The zero-order chi connectivity index (χ0) is 11.7. The summed E-state index contributed by atoms with van der Waals surface area (Å²) < 4.78 is 5.68. The minimum atomic E-state index is 0.483. The van der Waals surface area contributed by atoms with Gasteiger partial charge in [-0.05, 0) is 39.4 Å². The lowest BCUT2D eigenvalue weighted by Gasteiger charge is -2.19. The summed E-state index contributed by atoms with van der Waals surface area (Å²) in [6, 6.07) is 0. The number of hydrogen-bond donors (Lipinski definition) is 1. The van der Waals surface area contributed by atoms with Crippen LogP contribution in [0.25, 0.3) is 0 Å². The Labute approximate surface area is 102 Å². The number of piperidine rings is 1. The standard InChI is InChI=1S/C13H21N3O/c1-16-6-4-11(8-16)12-9-17-13(15-12)10-3-2-5-14-7-10/h9-11,14H,2-8H2,1H3. The average Bonchev–Trinajstić information content (AvgIpc) is 2.98. The molecular formula is C13H21N3O. The molecule has 4 nitrogen and oxygen atoms in total. The number of aromatic nitrogens is 1. The van der Waals surface area contributed by atoms with Gasteiger partial charge in [-0.1, -0.05) is 0 Å². The fraction of sp³-hybridized carbons (Fsp3) is 0.769. The van der Waals surface area contributed by atoms with Crippen molar-refractivity contribution in [2.45, 2.75) is 31.1 Å². The summed E-state index contributed by atoms with van der Waals surface area (Å²) in [5, 5.41) is 3.41. The normalized spacial score (nSPS) is 30.9. The molecule has 1 N–H and O–H groups in total. The van der Waals surface area contributed by atoms with Crippen LogP contribution in [0.1, 0.15) is 42.7 Å². The van der Waals surface area contributed by atoms with Crippen LogP contribution < -0.4 is 5.32 Å². The first kappa shape index (κ1) is 11.2. The van der Waals surface area contributed by atoms with E-state index in [1.165, 1.54) is 25.8 Å². The Balaban J connectivity index is 1.69. The first-order valence-electron chi connectivity index (χ1n) is 6.67. The molecule has 0 amide bonds. The van der Waals surface area contributed by atoms with E-state index in [1.54, 1.807) is 0 Å². The lowest BCUT2D eigenvalue weighted by atomic mass is 10.00. The van der Waals surface area contributed by atoms with Crippen molar-refractivity contribution in [2.24, 2.45) is 0 Å². The summed E-state index contributed by atoms with van der Waals surface area (Å²) in [5.74, 6) is 2.01. The van der Waals surface area contributed by atoms with Gasteiger partial charge in [0.1, 0.15) is 6.26 Å². The molecule has 4 heteroatoms. The molecule has 17 heavy (non-hydrogen) atoms. The van der Waals surface area contributed by atoms with Gasteiger partial charge < -0.3 is 14.6 Å². The molecule has 3 rings (SSSR count). The van der Waals surface area contributed by atoms with Crippen molar-refractivity contribution in [3.05, 3.63) is 17.8 Å². The second kappa shape index (κ2) is 4.78. The molecule has 0 bridgehead atoms. The van der Waals surface area contributed by atoms with Gasteiger partial charge in [0.25, 0.3) is 0 Å². The molecule has 2 atom stereocenters. The van der Waals surface area contributed by atoms with Gasteiger partial charge in [0.2, 0.25) is 0 Å². The van der Waals surface area contributed by atoms with Crippen LogP contribution in [0.15, 0.2) is 10.7 Å². The minimum absolute atomic E-state index is 0.483. The van der Waals surface area contributed by atoms with Crippen LogP contribution in [0.4, 0.5) is 0 Å². The Morgan fingerprint density at radius 1 is 1.41 bits per heavy atom. The van der Waals surface area contributed by atoms with Gasteiger partial charge in [-0.15, -0.1) is 0 Å². The van der Waals surface area contributed by atoms with E-state index < -0.39 is 0 Å². The molecular weight excluding hydrogens is 214 g/mol. The summed E-state index contributed by atoms with van der Waals surface area (Å²) in [6.45, 7) is 4.45. The molecule has 0 spiro atoms. The van der Waals surface area contributed by atoms with Crippen molar-refractivity contribution < 1.29 is 4.42 Å². The van der Waals surface area contributed by atoms with Gasteiger partial charge in [-0.3, -0.25) is 0 Å². The Morgan fingerprint density at radius 2 is 2.35 bits per heavy atom. The van der Waals surface area contributed by atoms with E-state index in [9.17, 15) is 0 Å². The summed E-state index contributed by atoms with van der Waals surface area (Å²) in [5.41, 5.74) is 1.16. The third-order valence-corrected chi connectivity index (χ3v) is 4.00. The number of rotatable bonds is 2. The minimum Gasteiger partial charge on any atom is -0.448 e. The lowest BCUT2D eigenvalue weighted by molar-refractivity contribution is 0.376. The Morgan fingerprint density at radius 3 is 3.06 bits per heavy atom. The Kier molecular flexibility index (Phi) is 3.16. The molecule has 2 fully saturated rings. The van der Waals surface area contributed by atoms with E-state index in [4.69, 9.17) is 9.40 Å². The fourth-order valence-electron chi connectivity index (χ4n) is 2.91. The SMILES string of the molecule is CN1CCC(c2coc(C3CCCNC3)n2)C1. The van der Waals surface area contributed by atoms with Gasteiger partial charge in [-0.2, -0.15) is 0 Å². The molecule has 2 unspecified atom stereocenters. The number of hydrogen-bond acceptors (Lipinski definition) is 4. The average molecular weight is 235 g/mol. The summed E-state index contributed by atoms with van der Waals surface area (Å²) in [7, 11) is 2.17. The van der Waals surface area contributed by atoms with Crippen molar-refractivity contribution >= 4 is 0 Å². The highest BCUT2D eigenvalue weighted by Crippen LogP contribution is 2.29. The summed E-state index contributed by atoms with van der Waals surface area (Å²) in [4.78, 5) is 7.08. The van der Waals surface area contributed by atoms with Crippen molar-refractivity contribution in [1.82, 2.24) is 15.2 Å². The van der Waals surface area contributed by atoms with Gasteiger partial charge in [0, 0.05) is 24.9 Å². The maximum atomic E-state index is 5.68. The number of likely N-dealkylation sites (tertiary alicyclic amines) is 1. The van der Waals surface area contributed by atoms with Crippen molar-refractivity contribution in [3.8, 4) is 0 Å². The van der Waals surface area contributed by atoms with Gasteiger partial charge in [-0.25, -0.2) is 4.98 Å². The molecule has 2 aliphatic rings. The molecule has 0 radical (unpaired) electrons.